The number of rotatable bonds is 29. The molecule has 626 valence electrons. The van der Waals surface area contributed by atoms with Gasteiger partial charge in [0.25, 0.3) is 10.1 Å². The largest absolute Gasteiger partial charge is 0.488 e. The molecule has 15 rings (SSSR count). The van der Waals surface area contributed by atoms with Gasteiger partial charge in [-0.2, -0.15) is 23.7 Å². The zero-order chi connectivity index (χ0) is 82.5. The lowest BCUT2D eigenvalue weighted by atomic mass is 9.95. The monoisotopic (exact) mass is 1650 g/mol. The molecule has 3 amide bonds. The molecule has 3 atom stereocenters. The molecule has 3 fully saturated rings. The quantitative estimate of drug-likeness (QED) is 0.0193. The maximum Gasteiger partial charge on any atom is 0.264 e. The molecule has 4 N–H and O–H groups in total. The van der Waals surface area contributed by atoms with Crippen LogP contribution in [0, 0.1) is 0 Å². The van der Waals surface area contributed by atoms with Gasteiger partial charge in [0.05, 0.1) is 23.3 Å². The van der Waals surface area contributed by atoms with Gasteiger partial charge in [0, 0.05) is 175 Å². The molecule has 25 nitrogen and oxygen atoms in total. The minimum absolute atomic E-state index is 0.00882. The molecule has 1 saturated carbocycles. The molecule has 3 aromatic heterocycles. The number of hydrogen-bond donors (Lipinski definition) is 4. The first-order chi connectivity index (χ1) is 56.2. The molecule has 9 aromatic rings. The molecular formula is C89H117N11O14SSi2. The van der Waals surface area contributed by atoms with E-state index in [1.54, 1.807) is 33.2 Å². The van der Waals surface area contributed by atoms with Crippen LogP contribution in [0.15, 0.2) is 164 Å². The predicted octanol–water partition coefficient (Wildman–Crippen LogP) is 15.7. The Morgan fingerprint density at radius 2 is 0.829 bits per heavy atom. The van der Waals surface area contributed by atoms with Crippen molar-refractivity contribution in [2.45, 2.75) is 199 Å². The summed E-state index contributed by atoms with van der Waals surface area (Å²) in [4.78, 5) is 38.0. The summed E-state index contributed by atoms with van der Waals surface area (Å²) in [6, 6.07) is 51.0. The van der Waals surface area contributed by atoms with Gasteiger partial charge in [-0.25, -0.2) is 9.36 Å². The van der Waals surface area contributed by atoms with Crippen LogP contribution in [-0.2, 0) is 70.9 Å². The van der Waals surface area contributed by atoms with E-state index in [9.17, 15) is 22.8 Å². The Labute approximate surface area is 691 Å². The van der Waals surface area contributed by atoms with Crippen LogP contribution in [0.3, 0.4) is 0 Å². The third-order valence-corrected chi connectivity index (χ3v) is 25.2. The normalized spacial score (nSPS) is 17.6. The van der Waals surface area contributed by atoms with Crippen molar-refractivity contribution < 1.29 is 64.9 Å². The second kappa shape index (κ2) is 41.2. The number of ether oxygens (including phenoxy) is 8. The van der Waals surface area contributed by atoms with E-state index in [1.807, 2.05) is 137 Å². The highest BCUT2D eigenvalue weighted by molar-refractivity contribution is 7.86. The van der Waals surface area contributed by atoms with Gasteiger partial charge in [-0.05, 0) is 182 Å². The molecular weight excluding hydrogens is 1540 g/mol. The zero-order valence-corrected chi connectivity index (χ0v) is 72.3. The second-order valence-corrected chi connectivity index (χ2v) is 46.6. The summed E-state index contributed by atoms with van der Waals surface area (Å²) in [5.74, 6) is 7.17. The Kier molecular flexibility index (Phi) is 30.5. The summed E-state index contributed by atoms with van der Waals surface area (Å²) in [7, 11) is -5.73. The fourth-order valence-corrected chi connectivity index (χ4v) is 17.0. The van der Waals surface area contributed by atoms with Crippen LogP contribution >= 0.6 is 0 Å². The maximum absolute atomic E-state index is 11.3. The Hall–Kier alpha value is -9.66. The SMILES string of the molecule is CC(=O)NC1CCCCC1.CC(=O)NC1CCN(CC2Cc3ccc(Oc4ccc(-c5ccn[nH]5)cc4)cc3O2)CC1.CC(=O)NC1CCN(CC2Cc3ccc(Oc4ccc(-c5ccnn5COCC[Si](C)(C)C)cc4)cc3O2)CC1.C[Si](C)(C)CCOCn1nccc1-c1ccc(Oc2ccc3c(c2)OC(COS(C)(=O)=O)C3)cc1. The highest BCUT2D eigenvalue weighted by Crippen LogP contribution is 2.39. The first-order valence-electron chi connectivity index (χ1n) is 41.2. The molecule has 3 unspecified atom stereocenters. The molecule has 0 spiro atoms. The summed E-state index contributed by atoms with van der Waals surface area (Å²) in [5, 5.41) is 24.8. The van der Waals surface area contributed by atoms with Crippen LogP contribution in [0.5, 0.6) is 51.7 Å². The molecule has 2 saturated heterocycles. The van der Waals surface area contributed by atoms with Crippen LogP contribution < -0.4 is 44.4 Å². The molecule has 1 aliphatic carbocycles. The van der Waals surface area contributed by atoms with Gasteiger partial charge in [0.15, 0.2) is 0 Å². The van der Waals surface area contributed by atoms with Gasteiger partial charge in [-0.3, -0.25) is 33.5 Å². The average Bonchev–Trinajstić information content (AvgIpc) is 1.73. The van der Waals surface area contributed by atoms with E-state index in [2.05, 4.69) is 110 Å². The van der Waals surface area contributed by atoms with E-state index in [-0.39, 0.29) is 42.6 Å². The number of amides is 3. The number of carbonyl (C=O) groups excluding carboxylic acids is 3. The standard InChI is InChI=1S/C31H42N4O4Si.C25H28N4O3.C25H32N2O6SSi.C8H15NO/c1-23(36)33-26-12-15-34(16-13-26)21-29-19-25-7-10-28(20-31(25)39-29)38-27-8-5-24(6-9-27)30-11-14-32-35(30)22-37-17-18-40(2,3)4;1-17(30)27-20-9-12-29(13-10-20)16-23-14-19-4-7-22(15-25(19)32-23)31-21-5-2-18(3-6-21)24-8-11-26-28-24;1-34(28,29)31-17-23-15-20-7-10-22(16-25(20)33-23)32-21-8-5-19(6-9-21)24-11-12-26-27(24)18-30-13-14-35(2,3)4;1-7(10)9-8-5-3-2-4-6-8/h5-11,14,20,26,29H,12-13,15-19,21-22H2,1-4H3,(H,33,36);2-8,11,15,20,23H,9-10,12-14,16H2,1H3,(H,26,28)(H,27,30);5-12,16,23H,13-15,17-18H2,1-4H3;8H,2-6H2,1H3,(H,9,10). The van der Waals surface area contributed by atoms with Crippen LogP contribution in [0.25, 0.3) is 33.8 Å². The van der Waals surface area contributed by atoms with Crippen molar-refractivity contribution >= 4 is 44.0 Å². The van der Waals surface area contributed by atoms with Crippen molar-refractivity contribution in [3.63, 3.8) is 0 Å². The molecule has 6 aromatic carbocycles. The average molecular weight is 1650 g/mol. The lowest BCUT2D eigenvalue weighted by Crippen LogP contribution is -2.46. The number of benzene rings is 6. The van der Waals surface area contributed by atoms with Crippen molar-refractivity contribution in [1.82, 2.24) is 55.5 Å². The van der Waals surface area contributed by atoms with Crippen LogP contribution in [0.1, 0.15) is 95.2 Å². The summed E-state index contributed by atoms with van der Waals surface area (Å²) < 4.78 is 79.5. The smallest absolute Gasteiger partial charge is 0.264 e. The third kappa shape index (κ3) is 27.7. The Morgan fingerprint density at radius 1 is 0.462 bits per heavy atom. The van der Waals surface area contributed by atoms with Gasteiger partial charge >= 0.3 is 0 Å². The van der Waals surface area contributed by atoms with E-state index in [0.717, 1.165) is 183 Å². The lowest BCUT2D eigenvalue weighted by Gasteiger charge is -2.33. The summed E-state index contributed by atoms with van der Waals surface area (Å²) in [6.07, 6.45) is 19.0. The van der Waals surface area contributed by atoms with Crippen LogP contribution in [0.4, 0.5) is 0 Å². The number of nitrogens with one attached hydrogen (secondary N) is 4. The molecule has 5 aliphatic heterocycles. The Balaban J connectivity index is 0.000000153. The third-order valence-electron chi connectivity index (χ3n) is 21.3. The fourth-order valence-electron chi connectivity index (χ4n) is 15.1. The number of aromatic amines is 1. The Morgan fingerprint density at radius 3 is 1.20 bits per heavy atom. The molecule has 6 aliphatic rings. The highest BCUT2D eigenvalue weighted by Gasteiger charge is 2.32. The topological polar surface area (TPSA) is 275 Å². The summed E-state index contributed by atoms with van der Waals surface area (Å²) in [5.41, 5.74) is 9.59. The van der Waals surface area contributed by atoms with Crippen molar-refractivity contribution in [3.8, 4) is 85.5 Å². The van der Waals surface area contributed by atoms with Crippen molar-refractivity contribution in [2.24, 2.45) is 0 Å². The van der Waals surface area contributed by atoms with Crippen molar-refractivity contribution in [1.29, 1.82) is 0 Å². The highest BCUT2D eigenvalue weighted by atomic mass is 32.2. The van der Waals surface area contributed by atoms with E-state index in [1.165, 1.54) is 43.2 Å². The number of carbonyl (C=O) groups is 3. The predicted molar refractivity (Wildman–Crippen MR) is 460 cm³/mol. The number of aromatic nitrogens is 6. The van der Waals surface area contributed by atoms with Gasteiger partial charge in [0.1, 0.15) is 90.1 Å². The van der Waals surface area contributed by atoms with Crippen molar-refractivity contribution in [2.75, 3.05) is 65.3 Å². The van der Waals surface area contributed by atoms with Crippen molar-refractivity contribution in [3.05, 3.63) is 181 Å². The number of fused-ring (bicyclic) bond motifs is 3. The molecule has 8 heterocycles. The number of likely N-dealkylation sites (tertiary alicyclic amines) is 2. The number of hydrogen-bond acceptors (Lipinski definition) is 19. The minimum Gasteiger partial charge on any atom is -0.488 e. The van der Waals surface area contributed by atoms with E-state index in [0.29, 0.717) is 55.3 Å². The Bertz CT molecular complexity index is 4780. The molecule has 0 bridgehead atoms. The number of nitrogens with zero attached hydrogens (tertiary/aromatic N) is 7. The first-order valence-corrected chi connectivity index (χ1v) is 50.4. The van der Waals surface area contributed by atoms with Crippen LogP contribution in [0.2, 0.25) is 51.4 Å². The van der Waals surface area contributed by atoms with Gasteiger partial charge in [0.2, 0.25) is 17.7 Å². The van der Waals surface area contributed by atoms with E-state index < -0.39 is 26.3 Å². The van der Waals surface area contributed by atoms with Gasteiger partial charge in [-0.15, -0.1) is 0 Å². The summed E-state index contributed by atoms with van der Waals surface area (Å²) >= 11 is 0. The molecule has 0 radical (unpaired) electrons. The number of H-pyrrole nitrogens is 1. The lowest BCUT2D eigenvalue weighted by molar-refractivity contribution is -0.120. The molecule has 117 heavy (non-hydrogen) atoms. The minimum atomic E-state index is -3.50. The maximum atomic E-state index is 11.3. The zero-order valence-electron chi connectivity index (χ0n) is 69.5. The van der Waals surface area contributed by atoms with Gasteiger partial charge in [-0.1, -0.05) is 76.7 Å². The molecule has 28 heteroatoms. The summed E-state index contributed by atoms with van der Waals surface area (Å²) in [6.45, 7) is 27.0. The second-order valence-electron chi connectivity index (χ2n) is 33.7. The first kappa shape index (κ1) is 86.7. The van der Waals surface area contributed by atoms with Crippen LogP contribution in [-0.4, -0.2) is 184 Å². The fraction of sp³-hybridized carbons (Fsp3) is 0.461. The van der Waals surface area contributed by atoms with E-state index >= 15 is 0 Å². The number of piperidine rings is 2. The van der Waals surface area contributed by atoms with E-state index in [4.69, 9.17) is 42.1 Å². The van der Waals surface area contributed by atoms with Gasteiger partial charge < -0.3 is 53.8 Å².